The molecule has 0 amide bonds. The Balaban J connectivity index is 1.87. The van der Waals surface area contributed by atoms with Crippen molar-refractivity contribution in [3.05, 3.63) is 36.2 Å². The van der Waals surface area contributed by atoms with Gasteiger partial charge < -0.3 is 5.73 Å². The van der Waals surface area contributed by atoms with Crippen molar-refractivity contribution in [2.45, 2.75) is 49.6 Å². The van der Waals surface area contributed by atoms with E-state index in [4.69, 9.17) is 10.1 Å². The molecular formula is C17H25N4S+. The van der Waals surface area contributed by atoms with Gasteiger partial charge in [-0.25, -0.2) is 9.67 Å². The second-order valence-corrected chi connectivity index (χ2v) is 6.95. The molecule has 4 nitrogen and oxygen atoms in total. The van der Waals surface area contributed by atoms with E-state index in [1.807, 2.05) is 6.07 Å². The van der Waals surface area contributed by atoms with Crippen molar-refractivity contribution in [1.82, 2.24) is 14.8 Å². The van der Waals surface area contributed by atoms with E-state index < -0.39 is 0 Å². The fourth-order valence-corrected chi connectivity index (χ4v) is 3.84. The van der Waals surface area contributed by atoms with Gasteiger partial charge in [0.25, 0.3) is 0 Å². The summed E-state index contributed by atoms with van der Waals surface area (Å²) in [6.45, 7) is 0.974. The van der Waals surface area contributed by atoms with E-state index in [9.17, 15) is 0 Å². The molecule has 5 heteroatoms. The molecule has 0 aliphatic heterocycles. The molecule has 1 aromatic carbocycles. The van der Waals surface area contributed by atoms with Crippen LogP contribution in [0.15, 0.2) is 35.5 Å². The van der Waals surface area contributed by atoms with Crippen LogP contribution in [0.25, 0.3) is 5.69 Å². The molecule has 0 radical (unpaired) electrons. The maximum atomic E-state index is 4.88. The van der Waals surface area contributed by atoms with Crippen molar-refractivity contribution in [2.24, 2.45) is 0 Å². The molecule has 22 heavy (non-hydrogen) atoms. The van der Waals surface area contributed by atoms with Crippen molar-refractivity contribution >= 4 is 11.8 Å². The third-order valence-electron chi connectivity index (χ3n) is 4.21. The van der Waals surface area contributed by atoms with Crippen LogP contribution in [0, 0.1) is 0 Å². The summed E-state index contributed by atoms with van der Waals surface area (Å²) < 4.78 is 2.07. The lowest BCUT2D eigenvalue weighted by atomic mass is 9.88. The minimum atomic E-state index is 0.559. The Labute approximate surface area is 136 Å². The Bertz CT molecular complexity index is 576. The highest BCUT2D eigenvalue weighted by Crippen LogP contribution is 2.33. The Morgan fingerprint density at radius 3 is 2.64 bits per heavy atom. The Morgan fingerprint density at radius 2 is 1.91 bits per heavy atom. The summed E-state index contributed by atoms with van der Waals surface area (Å²) in [5.74, 6) is 2.76. The van der Waals surface area contributed by atoms with Gasteiger partial charge in [0.15, 0.2) is 0 Å². The van der Waals surface area contributed by atoms with Gasteiger partial charge >= 0.3 is 0 Å². The van der Waals surface area contributed by atoms with Gasteiger partial charge in [0.2, 0.25) is 5.16 Å². The first kappa shape index (κ1) is 15.6. The average Bonchev–Trinajstić information content (AvgIpc) is 3.01. The highest BCUT2D eigenvalue weighted by molar-refractivity contribution is 7.99. The number of hydrogen-bond donors (Lipinski definition) is 1. The number of quaternary nitrogens is 1. The molecule has 0 bridgehead atoms. The Kier molecular flexibility index (Phi) is 5.51. The van der Waals surface area contributed by atoms with Crippen LogP contribution in [0.3, 0.4) is 0 Å². The smallest absolute Gasteiger partial charge is 0.209 e. The van der Waals surface area contributed by atoms with Gasteiger partial charge in [0, 0.05) is 18.1 Å². The molecule has 1 aromatic heterocycles. The van der Waals surface area contributed by atoms with Gasteiger partial charge in [-0.1, -0.05) is 49.2 Å². The maximum absolute atomic E-state index is 4.88. The third-order valence-corrected chi connectivity index (χ3v) is 5.13. The van der Waals surface area contributed by atoms with E-state index in [0.29, 0.717) is 5.92 Å². The zero-order valence-corrected chi connectivity index (χ0v) is 13.9. The van der Waals surface area contributed by atoms with E-state index in [-0.39, 0.29) is 0 Å². The van der Waals surface area contributed by atoms with Crippen LogP contribution in [-0.4, -0.2) is 27.1 Å². The lowest BCUT2D eigenvalue weighted by Crippen LogP contribution is -2.50. The van der Waals surface area contributed by atoms with Gasteiger partial charge in [0.1, 0.15) is 5.82 Å². The highest BCUT2D eigenvalue weighted by atomic mass is 32.2. The van der Waals surface area contributed by atoms with Crippen molar-refractivity contribution in [3.63, 3.8) is 0 Å². The van der Waals surface area contributed by atoms with Crippen molar-refractivity contribution in [2.75, 3.05) is 12.3 Å². The molecular weight excluding hydrogens is 292 g/mol. The first-order chi connectivity index (χ1) is 10.9. The molecule has 1 fully saturated rings. The zero-order valence-electron chi connectivity index (χ0n) is 13.1. The monoisotopic (exact) mass is 317 g/mol. The number of benzene rings is 1. The number of hydrogen-bond acceptors (Lipinski definition) is 3. The highest BCUT2D eigenvalue weighted by Gasteiger charge is 2.23. The van der Waals surface area contributed by atoms with Crippen LogP contribution < -0.4 is 5.73 Å². The van der Waals surface area contributed by atoms with Crippen LogP contribution in [0.5, 0.6) is 0 Å². The predicted octanol–water partition coefficient (Wildman–Crippen LogP) is 3.04. The summed E-state index contributed by atoms with van der Waals surface area (Å²) in [4.78, 5) is 4.88. The molecule has 3 N–H and O–H groups in total. The van der Waals surface area contributed by atoms with E-state index in [1.165, 1.54) is 32.1 Å². The van der Waals surface area contributed by atoms with E-state index >= 15 is 0 Å². The molecule has 0 unspecified atom stereocenters. The first-order valence-corrected chi connectivity index (χ1v) is 9.31. The number of thioether (sulfide) groups is 1. The predicted molar refractivity (Wildman–Crippen MR) is 90.3 cm³/mol. The maximum Gasteiger partial charge on any atom is 0.209 e. The van der Waals surface area contributed by atoms with Crippen LogP contribution in [-0.2, 0) is 0 Å². The lowest BCUT2D eigenvalue weighted by molar-refractivity contribution is -0.367. The minimum absolute atomic E-state index is 0.559. The molecule has 2 aromatic rings. The van der Waals surface area contributed by atoms with Crippen molar-refractivity contribution < 1.29 is 5.73 Å². The first-order valence-electron chi connectivity index (χ1n) is 8.33. The molecule has 0 atom stereocenters. The largest absolute Gasteiger partial charge is 0.358 e. The summed E-state index contributed by atoms with van der Waals surface area (Å²) in [5, 5.41) is 5.69. The Morgan fingerprint density at radius 1 is 1.14 bits per heavy atom. The van der Waals surface area contributed by atoms with Gasteiger partial charge in [0.05, 0.1) is 12.2 Å². The lowest BCUT2D eigenvalue weighted by Gasteiger charge is -2.21. The van der Waals surface area contributed by atoms with Gasteiger partial charge in [-0.15, -0.1) is 5.10 Å². The molecule has 0 saturated heterocycles. The van der Waals surface area contributed by atoms with Crippen molar-refractivity contribution in [1.29, 1.82) is 0 Å². The van der Waals surface area contributed by atoms with Gasteiger partial charge in [-0.05, 0) is 25.0 Å². The number of rotatable bonds is 6. The summed E-state index contributed by atoms with van der Waals surface area (Å²) >= 11 is 1.76. The zero-order chi connectivity index (χ0) is 15.2. The molecule has 1 aliphatic rings. The van der Waals surface area contributed by atoms with E-state index in [1.54, 1.807) is 11.8 Å². The second kappa shape index (κ2) is 7.79. The molecule has 3 rings (SSSR count). The SMILES string of the molecule is [NH3+]CCCSc1nc(C2CCCCC2)n(-c2ccccc2)n1. The standard InChI is InChI=1S/C17H24N4S/c18-12-7-13-22-17-19-16(14-8-3-1-4-9-14)21(20-17)15-10-5-2-6-11-15/h2,5-6,10-11,14H,1,3-4,7-9,12-13,18H2/p+1. The van der Waals surface area contributed by atoms with Crippen LogP contribution >= 0.6 is 11.8 Å². The number of nitrogens with zero attached hydrogens (tertiary/aromatic N) is 3. The van der Waals surface area contributed by atoms with E-state index in [0.717, 1.165) is 35.4 Å². The summed E-state index contributed by atoms with van der Waals surface area (Å²) in [5.41, 5.74) is 5.03. The molecule has 0 spiro atoms. The normalized spacial score (nSPS) is 16.0. The van der Waals surface area contributed by atoms with E-state index in [2.05, 4.69) is 34.7 Å². The molecule has 1 aliphatic carbocycles. The number of para-hydroxylation sites is 1. The van der Waals surface area contributed by atoms with Crippen LogP contribution in [0.2, 0.25) is 0 Å². The third kappa shape index (κ3) is 3.70. The van der Waals surface area contributed by atoms with Crippen molar-refractivity contribution in [3.8, 4) is 5.69 Å². The summed E-state index contributed by atoms with van der Waals surface area (Å²) in [6.07, 6.45) is 7.60. The van der Waals surface area contributed by atoms with Crippen LogP contribution in [0.1, 0.15) is 50.3 Å². The topological polar surface area (TPSA) is 58.4 Å². The fraction of sp³-hybridized carbons (Fsp3) is 0.529. The fourth-order valence-electron chi connectivity index (χ4n) is 3.02. The van der Waals surface area contributed by atoms with Gasteiger partial charge in [-0.2, -0.15) is 0 Å². The summed E-state index contributed by atoms with van der Waals surface area (Å²) in [7, 11) is 0. The average molecular weight is 317 g/mol. The second-order valence-electron chi connectivity index (χ2n) is 5.89. The molecule has 118 valence electrons. The molecule has 1 saturated carbocycles. The number of aromatic nitrogens is 3. The quantitative estimate of drug-likeness (QED) is 0.658. The minimum Gasteiger partial charge on any atom is -0.358 e. The Hall–Kier alpha value is -1.33. The van der Waals surface area contributed by atoms with Crippen LogP contribution in [0.4, 0.5) is 0 Å². The molecule has 1 heterocycles. The summed E-state index contributed by atoms with van der Waals surface area (Å²) in [6, 6.07) is 10.4. The van der Waals surface area contributed by atoms with Gasteiger partial charge in [-0.3, -0.25) is 0 Å².